The number of hydrogen-bond acceptors (Lipinski definition) is 3. The fourth-order valence-corrected chi connectivity index (χ4v) is 2.83. The summed E-state index contributed by atoms with van der Waals surface area (Å²) >= 11 is 0. The zero-order chi connectivity index (χ0) is 15.2. The Morgan fingerprint density at radius 3 is 2.43 bits per heavy atom. The lowest BCUT2D eigenvalue weighted by Gasteiger charge is -2.32. The van der Waals surface area contributed by atoms with Crippen molar-refractivity contribution in [3.05, 3.63) is 29.3 Å². The van der Waals surface area contributed by atoms with Crippen molar-refractivity contribution in [2.75, 3.05) is 26.9 Å². The van der Waals surface area contributed by atoms with E-state index in [4.69, 9.17) is 9.47 Å². The lowest BCUT2D eigenvalue weighted by molar-refractivity contribution is 0.0526. The molecule has 0 radical (unpaired) electrons. The molecule has 1 aliphatic rings. The summed E-state index contributed by atoms with van der Waals surface area (Å²) in [6.45, 7) is 4.06. The molecule has 0 aliphatic carbocycles. The van der Waals surface area contributed by atoms with Crippen molar-refractivity contribution < 1.29 is 18.3 Å². The Kier molecular flexibility index (Phi) is 5.94. The van der Waals surface area contributed by atoms with Gasteiger partial charge >= 0.3 is 0 Å². The van der Waals surface area contributed by atoms with E-state index in [0.717, 1.165) is 25.8 Å². The Labute approximate surface area is 124 Å². The summed E-state index contributed by atoms with van der Waals surface area (Å²) in [5.41, 5.74) is 0.121. The van der Waals surface area contributed by atoms with Crippen LogP contribution in [0, 0.1) is 17.6 Å². The standard InChI is InChI=1S/C16H23F2NO2/c1-3-6-19-16(11-4-7-21-8-5-11)15-13(17)9-12(20-2)10-14(15)18/h9-11,16,19H,3-8H2,1-2H3. The van der Waals surface area contributed by atoms with Gasteiger partial charge in [-0.1, -0.05) is 6.92 Å². The maximum Gasteiger partial charge on any atom is 0.134 e. The molecule has 5 heteroatoms. The zero-order valence-electron chi connectivity index (χ0n) is 12.6. The molecule has 118 valence electrons. The van der Waals surface area contributed by atoms with Crippen LogP contribution < -0.4 is 10.1 Å². The molecule has 2 rings (SSSR count). The number of benzene rings is 1. The van der Waals surface area contributed by atoms with Gasteiger partial charge in [0, 0.05) is 37.0 Å². The van der Waals surface area contributed by atoms with E-state index in [9.17, 15) is 8.78 Å². The van der Waals surface area contributed by atoms with Crippen LogP contribution in [0.2, 0.25) is 0 Å². The first-order chi connectivity index (χ1) is 10.2. The highest BCUT2D eigenvalue weighted by atomic mass is 19.1. The molecule has 1 saturated heterocycles. The van der Waals surface area contributed by atoms with Crippen LogP contribution >= 0.6 is 0 Å². The number of ether oxygens (including phenoxy) is 2. The van der Waals surface area contributed by atoms with Gasteiger partial charge in [-0.2, -0.15) is 0 Å². The summed E-state index contributed by atoms with van der Waals surface area (Å²) in [6, 6.07) is 2.18. The smallest absolute Gasteiger partial charge is 0.134 e. The Morgan fingerprint density at radius 1 is 1.29 bits per heavy atom. The molecule has 21 heavy (non-hydrogen) atoms. The molecular weight excluding hydrogens is 276 g/mol. The van der Waals surface area contributed by atoms with Crippen molar-refractivity contribution in [1.29, 1.82) is 0 Å². The molecule has 0 spiro atoms. The number of methoxy groups -OCH3 is 1. The molecule has 1 heterocycles. The first kappa shape index (κ1) is 16.2. The number of rotatable bonds is 6. The zero-order valence-corrected chi connectivity index (χ0v) is 12.6. The second-order valence-electron chi connectivity index (χ2n) is 5.39. The summed E-state index contributed by atoms with van der Waals surface area (Å²) in [7, 11) is 1.40. The Hall–Kier alpha value is -1.20. The maximum atomic E-state index is 14.3. The van der Waals surface area contributed by atoms with Crippen LogP contribution in [0.5, 0.6) is 5.75 Å². The highest BCUT2D eigenvalue weighted by molar-refractivity contribution is 5.33. The van der Waals surface area contributed by atoms with Gasteiger partial charge in [-0.15, -0.1) is 0 Å². The van der Waals surface area contributed by atoms with Crippen molar-refractivity contribution in [2.24, 2.45) is 5.92 Å². The second kappa shape index (κ2) is 7.71. The number of hydrogen-bond donors (Lipinski definition) is 1. The molecule has 0 saturated carbocycles. The van der Waals surface area contributed by atoms with E-state index >= 15 is 0 Å². The third kappa shape index (κ3) is 3.92. The summed E-state index contributed by atoms with van der Waals surface area (Å²) < 4.78 is 38.9. The number of halogens is 2. The van der Waals surface area contributed by atoms with Gasteiger partial charge in [-0.3, -0.25) is 0 Å². The van der Waals surface area contributed by atoms with E-state index in [1.807, 2.05) is 6.92 Å². The van der Waals surface area contributed by atoms with Gasteiger partial charge in [-0.05, 0) is 31.7 Å². The molecule has 3 nitrogen and oxygen atoms in total. The molecule has 0 amide bonds. The lowest BCUT2D eigenvalue weighted by Crippen LogP contribution is -2.34. The fourth-order valence-electron chi connectivity index (χ4n) is 2.83. The van der Waals surface area contributed by atoms with Crippen LogP contribution in [0.4, 0.5) is 8.78 Å². The summed E-state index contributed by atoms with van der Waals surface area (Å²) in [5, 5.41) is 3.30. The van der Waals surface area contributed by atoms with Gasteiger partial charge in [-0.25, -0.2) is 8.78 Å². The van der Waals surface area contributed by atoms with Gasteiger partial charge in [0.15, 0.2) is 0 Å². The molecule has 1 fully saturated rings. The Bertz CT molecular complexity index is 439. The molecule has 1 aromatic rings. The van der Waals surface area contributed by atoms with E-state index < -0.39 is 11.6 Å². The molecule has 1 unspecified atom stereocenters. The molecule has 0 bridgehead atoms. The van der Waals surface area contributed by atoms with Crippen LogP contribution in [0.25, 0.3) is 0 Å². The average molecular weight is 299 g/mol. The Morgan fingerprint density at radius 2 is 1.90 bits per heavy atom. The molecule has 1 N–H and O–H groups in total. The van der Waals surface area contributed by atoms with Crippen LogP contribution in [-0.2, 0) is 4.74 Å². The van der Waals surface area contributed by atoms with E-state index in [2.05, 4.69) is 5.32 Å². The van der Waals surface area contributed by atoms with E-state index in [1.165, 1.54) is 19.2 Å². The lowest BCUT2D eigenvalue weighted by atomic mass is 9.86. The average Bonchev–Trinajstić information content (AvgIpc) is 2.50. The van der Waals surface area contributed by atoms with Crippen molar-refractivity contribution >= 4 is 0 Å². The predicted molar refractivity (Wildman–Crippen MR) is 77.5 cm³/mol. The third-order valence-corrected chi connectivity index (χ3v) is 3.95. The molecule has 1 atom stereocenters. The van der Waals surface area contributed by atoms with Crippen LogP contribution in [0.15, 0.2) is 12.1 Å². The highest BCUT2D eigenvalue weighted by Gasteiger charge is 2.29. The van der Waals surface area contributed by atoms with E-state index in [-0.39, 0.29) is 23.3 Å². The normalized spacial score (nSPS) is 17.7. The Balaban J connectivity index is 2.30. The van der Waals surface area contributed by atoms with Gasteiger partial charge in [0.25, 0.3) is 0 Å². The second-order valence-corrected chi connectivity index (χ2v) is 5.39. The molecule has 1 aliphatic heterocycles. The van der Waals surface area contributed by atoms with E-state index in [1.54, 1.807) is 0 Å². The fraction of sp³-hybridized carbons (Fsp3) is 0.625. The molecular formula is C16H23F2NO2. The van der Waals surface area contributed by atoms with Crippen molar-refractivity contribution in [2.45, 2.75) is 32.2 Å². The third-order valence-electron chi connectivity index (χ3n) is 3.95. The summed E-state index contributed by atoms with van der Waals surface area (Å²) in [5.74, 6) is -0.712. The van der Waals surface area contributed by atoms with Crippen molar-refractivity contribution in [3.8, 4) is 5.75 Å². The topological polar surface area (TPSA) is 30.5 Å². The SMILES string of the molecule is CCCNC(c1c(F)cc(OC)cc1F)C1CCOCC1. The maximum absolute atomic E-state index is 14.3. The minimum Gasteiger partial charge on any atom is -0.497 e. The van der Waals surface area contributed by atoms with Crippen molar-refractivity contribution in [1.82, 2.24) is 5.32 Å². The number of nitrogens with one attached hydrogen (secondary N) is 1. The summed E-state index contributed by atoms with van der Waals surface area (Å²) in [6.07, 6.45) is 2.54. The summed E-state index contributed by atoms with van der Waals surface area (Å²) in [4.78, 5) is 0. The van der Waals surface area contributed by atoms with Crippen LogP contribution in [-0.4, -0.2) is 26.9 Å². The van der Waals surface area contributed by atoms with Gasteiger partial charge in [0.2, 0.25) is 0 Å². The van der Waals surface area contributed by atoms with Crippen molar-refractivity contribution in [3.63, 3.8) is 0 Å². The van der Waals surface area contributed by atoms with Gasteiger partial charge in [0.05, 0.1) is 7.11 Å². The predicted octanol–water partition coefficient (Wildman–Crippen LogP) is 3.44. The van der Waals surface area contributed by atoms with Crippen LogP contribution in [0.1, 0.15) is 37.8 Å². The highest BCUT2D eigenvalue weighted by Crippen LogP contribution is 2.34. The van der Waals surface area contributed by atoms with Gasteiger partial charge in [0.1, 0.15) is 17.4 Å². The first-order valence-corrected chi connectivity index (χ1v) is 7.51. The molecule has 1 aromatic carbocycles. The largest absolute Gasteiger partial charge is 0.497 e. The minimum absolute atomic E-state index is 0.121. The van der Waals surface area contributed by atoms with Gasteiger partial charge < -0.3 is 14.8 Å². The minimum atomic E-state index is -0.549. The quantitative estimate of drug-likeness (QED) is 0.873. The monoisotopic (exact) mass is 299 g/mol. The first-order valence-electron chi connectivity index (χ1n) is 7.51. The van der Waals surface area contributed by atoms with E-state index in [0.29, 0.717) is 13.2 Å². The molecule has 0 aromatic heterocycles. The van der Waals surface area contributed by atoms with Crippen LogP contribution in [0.3, 0.4) is 0 Å².